The van der Waals surface area contributed by atoms with Crippen molar-refractivity contribution in [2.24, 2.45) is 0 Å². The fraction of sp³-hybridized carbons (Fsp3) is 0.211. The minimum absolute atomic E-state index is 0.0767. The highest BCUT2D eigenvalue weighted by Crippen LogP contribution is 2.30. The Morgan fingerprint density at radius 1 is 1.15 bits per heavy atom. The molecule has 2 aromatic carbocycles. The van der Waals surface area contributed by atoms with E-state index in [2.05, 4.69) is 15.5 Å². The molecule has 4 rings (SSSR count). The highest BCUT2D eigenvalue weighted by molar-refractivity contribution is 8.00. The van der Waals surface area contributed by atoms with E-state index in [4.69, 9.17) is 9.47 Å². The van der Waals surface area contributed by atoms with E-state index in [0.29, 0.717) is 18.9 Å². The highest BCUT2D eigenvalue weighted by atomic mass is 32.2. The van der Waals surface area contributed by atoms with Crippen LogP contribution in [-0.4, -0.2) is 41.1 Å². The summed E-state index contributed by atoms with van der Waals surface area (Å²) in [5, 5.41) is 13.8. The van der Waals surface area contributed by atoms with E-state index in [9.17, 15) is 4.79 Å². The number of aromatic nitrogens is 2. The van der Waals surface area contributed by atoms with Crippen molar-refractivity contribution in [3.8, 4) is 11.5 Å². The number of nitrogens with one attached hydrogen (secondary N) is 1. The van der Waals surface area contributed by atoms with Crippen LogP contribution in [0.25, 0.3) is 10.8 Å². The Labute approximate surface area is 154 Å². The van der Waals surface area contributed by atoms with Gasteiger partial charge >= 0.3 is 0 Å². The standard InChI is InChI=1S/C19H17N3O3S/c23-18(12-26-19-15-6-2-1-5-13(15)9-21-22-19)20-10-14-11-24-16-7-3-4-8-17(16)25-14/h1-9,14H,10-12H2,(H,20,23)/t14-/m0/s1. The number of rotatable bonds is 5. The number of thioether (sulfide) groups is 1. The van der Waals surface area contributed by atoms with Gasteiger partial charge in [-0.3, -0.25) is 4.79 Å². The summed E-state index contributed by atoms with van der Waals surface area (Å²) in [6.07, 6.45) is 1.52. The summed E-state index contributed by atoms with van der Waals surface area (Å²) in [5.41, 5.74) is 0. The molecule has 2 heterocycles. The number of carbonyl (C=O) groups is 1. The third kappa shape index (κ3) is 3.72. The van der Waals surface area contributed by atoms with Crippen LogP contribution in [0.15, 0.2) is 59.8 Å². The summed E-state index contributed by atoms with van der Waals surface area (Å²) in [5.74, 6) is 1.64. The number of hydrogen-bond acceptors (Lipinski definition) is 6. The van der Waals surface area contributed by atoms with Crippen LogP contribution in [0.3, 0.4) is 0 Å². The second-order valence-electron chi connectivity index (χ2n) is 5.83. The molecular formula is C19H17N3O3S. The summed E-state index contributed by atoms with van der Waals surface area (Å²) in [6, 6.07) is 15.4. The Morgan fingerprint density at radius 2 is 1.96 bits per heavy atom. The molecule has 1 atom stereocenters. The second kappa shape index (κ2) is 7.61. The maximum absolute atomic E-state index is 12.2. The molecule has 1 aliphatic heterocycles. The lowest BCUT2D eigenvalue weighted by Crippen LogP contribution is -2.41. The van der Waals surface area contributed by atoms with Crippen molar-refractivity contribution in [3.05, 3.63) is 54.7 Å². The van der Waals surface area contributed by atoms with E-state index in [1.54, 1.807) is 6.20 Å². The fourth-order valence-electron chi connectivity index (χ4n) is 2.68. The molecule has 132 valence electrons. The minimum Gasteiger partial charge on any atom is -0.486 e. The molecule has 0 unspecified atom stereocenters. The van der Waals surface area contributed by atoms with Gasteiger partial charge in [-0.05, 0) is 12.1 Å². The third-order valence-corrected chi connectivity index (χ3v) is 4.95. The Balaban J connectivity index is 1.30. The van der Waals surface area contributed by atoms with Gasteiger partial charge in [-0.15, -0.1) is 5.10 Å². The van der Waals surface area contributed by atoms with Crippen LogP contribution in [0.4, 0.5) is 0 Å². The quantitative estimate of drug-likeness (QED) is 0.699. The number of amides is 1. The third-order valence-electron chi connectivity index (χ3n) is 3.97. The van der Waals surface area contributed by atoms with E-state index in [1.807, 2.05) is 48.5 Å². The van der Waals surface area contributed by atoms with Crippen LogP contribution in [0.1, 0.15) is 0 Å². The van der Waals surface area contributed by atoms with Gasteiger partial charge in [0.15, 0.2) is 11.5 Å². The van der Waals surface area contributed by atoms with Crippen molar-refractivity contribution in [2.45, 2.75) is 11.1 Å². The molecule has 1 amide bonds. The molecule has 7 heteroatoms. The van der Waals surface area contributed by atoms with E-state index in [-0.39, 0.29) is 17.8 Å². The van der Waals surface area contributed by atoms with Gasteiger partial charge in [-0.25, -0.2) is 0 Å². The van der Waals surface area contributed by atoms with Crippen molar-refractivity contribution in [1.29, 1.82) is 0 Å². The number of carbonyl (C=O) groups excluding carboxylic acids is 1. The largest absolute Gasteiger partial charge is 0.486 e. The van der Waals surface area contributed by atoms with Gasteiger partial charge in [0.2, 0.25) is 5.91 Å². The van der Waals surface area contributed by atoms with Crippen molar-refractivity contribution in [1.82, 2.24) is 15.5 Å². The number of para-hydroxylation sites is 2. The van der Waals surface area contributed by atoms with E-state index in [0.717, 1.165) is 21.5 Å². The first kappa shape index (κ1) is 16.7. The number of fused-ring (bicyclic) bond motifs is 2. The van der Waals surface area contributed by atoms with Crippen LogP contribution < -0.4 is 14.8 Å². The van der Waals surface area contributed by atoms with Crippen molar-refractivity contribution < 1.29 is 14.3 Å². The molecule has 1 aliphatic rings. The molecule has 0 spiro atoms. The predicted molar refractivity (Wildman–Crippen MR) is 99.6 cm³/mol. The smallest absolute Gasteiger partial charge is 0.230 e. The lowest BCUT2D eigenvalue weighted by molar-refractivity contribution is -0.119. The molecule has 0 aliphatic carbocycles. The average molecular weight is 367 g/mol. The van der Waals surface area contributed by atoms with Gasteiger partial charge in [0, 0.05) is 10.8 Å². The Hall–Kier alpha value is -2.80. The molecule has 1 aromatic heterocycles. The summed E-state index contributed by atoms with van der Waals surface area (Å²) in [4.78, 5) is 12.2. The van der Waals surface area contributed by atoms with Gasteiger partial charge in [0.25, 0.3) is 0 Å². The number of hydrogen-bond donors (Lipinski definition) is 1. The van der Waals surface area contributed by atoms with E-state index in [1.165, 1.54) is 11.8 Å². The molecular weight excluding hydrogens is 350 g/mol. The highest BCUT2D eigenvalue weighted by Gasteiger charge is 2.21. The first-order valence-corrected chi connectivity index (χ1v) is 9.26. The number of benzene rings is 2. The van der Waals surface area contributed by atoms with Gasteiger partial charge < -0.3 is 14.8 Å². The lowest BCUT2D eigenvalue weighted by Gasteiger charge is -2.26. The Morgan fingerprint density at radius 3 is 2.88 bits per heavy atom. The molecule has 1 N–H and O–H groups in total. The average Bonchev–Trinajstić information content (AvgIpc) is 2.70. The normalized spacial score (nSPS) is 15.6. The molecule has 6 nitrogen and oxygen atoms in total. The first-order valence-electron chi connectivity index (χ1n) is 8.28. The molecule has 26 heavy (non-hydrogen) atoms. The molecule has 0 bridgehead atoms. The van der Waals surface area contributed by atoms with Gasteiger partial charge in [0.1, 0.15) is 17.7 Å². The number of nitrogens with zero attached hydrogens (tertiary/aromatic N) is 2. The molecule has 3 aromatic rings. The zero-order chi connectivity index (χ0) is 17.8. The second-order valence-corrected chi connectivity index (χ2v) is 6.79. The fourth-order valence-corrected chi connectivity index (χ4v) is 3.50. The van der Waals surface area contributed by atoms with Crippen LogP contribution >= 0.6 is 11.8 Å². The Kier molecular flexibility index (Phi) is 4.88. The van der Waals surface area contributed by atoms with Crippen molar-refractivity contribution in [2.75, 3.05) is 18.9 Å². The van der Waals surface area contributed by atoms with E-state index >= 15 is 0 Å². The SMILES string of the molecule is O=C(CSc1nncc2ccccc12)NC[C@H]1COc2ccccc2O1. The van der Waals surface area contributed by atoms with Crippen LogP contribution in [0.5, 0.6) is 11.5 Å². The minimum atomic E-state index is -0.198. The topological polar surface area (TPSA) is 73.3 Å². The van der Waals surface area contributed by atoms with Gasteiger partial charge in [-0.2, -0.15) is 5.10 Å². The first-order chi connectivity index (χ1) is 12.8. The lowest BCUT2D eigenvalue weighted by atomic mass is 10.2. The van der Waals surface area contributed by atoms with Crippen molar-refractivity contribution >= 4 is 28.4 Å². The number of ether oxygens (including phenoxy) is 2. The van der Waals surface area contributed by atoms with Crippen LogP contribution in [0, 0.1) is 0 Å². The summed E-state index contributed by atoms with van der Waals surface area (Å²) in [7, 11) is 0. The molecule has 0 fully saturated rings. The molecule has 0 saturated heterocycles. The summed E-state index contributed by atoms with van der Waals surface area (Å²) >= 11 is 1.38. The monoisotopic (exact) mass is 367 g/mol. The van der Waals surface area contributed by atoms with Crippen molar-refractivity contribution in [3.63, 3.8) is 0 Å². The maximum Gasteiger partial charge on any atom is 0.230 e. The zero-order valence-electron chi connectivity index (χ0n) is 13.9. The summed E-state index contributed by atoms with van der Waals surface area (Å²) < 4.78 is 11.5. The van der Waals surface area contributed by atoms with Gasteiger partial charge in [0.05, 0.1) is 18.5 Å². The predicted octanol–water partition coefficient (Wildman–Crippen LogP) is 2.68. The summed E-state index contributed by atoms with van der Waals surface area (Å²) in [6.45, 7) is 0.814. The Bertz CT molecular complexity index is 929. The molecule has 0 saturated carbocycles. The van der Waals surface area contributed by atoms with Crippen LogP contribution in [0.2, 0.25) is 0 Å². The molecule has 0 radical (unpaired) electrons. The van der Waals surface area contributed by atoms with E-state index < -0.39 is 0 Å². The van der Waals surface area contributed by atoms with Crippen LogP contribution in [-0.2, 0) is 4.79 Å². The maximum atomic E-state index is 12.2. The van der Waals surface area contributed by atoms with Gasteiger partial charge in [-0.1, -0.05) is 48.2 Å². The zero-order valence-corrected chi connectivity index (χ0v) is 14.7.